The number of aromatic nitrogens is 1. The van der Waals surface area contributed by atoms with E-state index in [2.05, 4.69) is 20.9 Å². The molecular formula is C9H11BrFN. The molecule has 0 aliphatic heterocycles. The quantitative estimate of drug-likeness (QED) is 0.625. The van der Waals surface area contributed by atoms with Crippen LogP contribution in [0.15, 0.2) is 16.7 Å². The maximum atomic E-state index is 13.2. The van der Waals surface area contributed by atoms with E-state index >= 15 is 0 Å². The van der Waals surface area contributed by atoms with Crippen LogP contribution < -0.4 is 0 Å². The topological polar surface area (TPSA) is 12.9 Å². The van der Waals surface area contributed by atoms with Crippen LogP contribution in [0.1, 0.15) is 26.5 Å². The first-order valence-electron chi connectivity index (χ1n) is 3.74. The van der Waals surface area contributed by atoms with E-state index in [1.807, 2.05) is 20.8 Å². The minimum absolute atomic E-state index is 0.242. The van der Waals surface area contributed by atoms with Crippen LogP contribution >= 0.6 is 15.9 Å². The Morgan fingerprint density at radius 3 is 2.33 bits per heavy atom. The lowest BCUT2D eigenvalue weighted by Gasteiger charge is -2.18. The van der Waals surface area contributed by atoms with Gasteiger partial charge in [-0.25, -0.2) is 9.37 Å². The fourth-order valence-corrected chi connectivity index (χ4v) is 1.25. The zero-order chi connectivity index (χ0) is 9.35. The maximum Gasteiger partial charge on any atom is 0.145 e. The van der Waals surface area contributed by atoms with Crippen LogP contribution in [-0.4, -0.2) is 4.98 Å². The molecule has 1 aromatic rings. The van der Waals surface area contributed by atoms with Crippen molar-refractivity contribution in [2.75, 3.05) is 0 Å². The number of pyridine rings is 1. The third-order valence-corrected chi connectivity index (χ3v) is 1.96. The molecule has 0 bridgehead atoms. The van der Waals surface area contributed by atoms with Gasteiger partial charge in [0.25, 0.3) is 0 Å². The van der Waals surface area contributed by atoms with Crippen molar-refractivity contribution >= 4 is 15.9 Å². The van der Waals surface area contributed by atoms with Gasteiger partial charge in [-0.3, -0.25) is 0 Å². The molecule has 0 aromatic carbocycles. The molecule has 12 heavy (non-hydrogen) atoms. The molecule has 1 nitrogen and oxygen atoms in total. The van der Waals surface area contributed by atoms with Crippen molar-refractivity contribution in [3.8, 4) is 0 Å². The number of hydrogen-bond donors (Lipinski definition) is 0. The Labute approximate surface area is 80.1 Å². The van der Waals surface area contributed by atoms with Gasteiger partial charge >= 0.3 is 0 Å². The minimum Gasteiger partial charge on any atom is -0.242 e. The zero-order valence-electron chi connectivity index (χ0n) is 7.36. The molecule has 0 saturated heterocycles. The van der Waals surface area contributed by atoms with Crippen molar-refractivity contribution in [2.45, 2.75) is 26.2 Å². The van der Waals surface area contributed by atoms with Gasteiger partial charge in [-0.1, -0.05) is 20.8 Å². The molecule has 0 atom stereocenters. The van der Waals surface area contributed by atoms with E-state index in [1.54, 1.807) is 6.07 Å². The van der Waals surface area contributed by atoms with Crippen molar-refractivity contribution < 1.29 is 4.39 Å². The van der Waals surface area contributed by atoms with Crippen LogP contribution in [0.2, 0.25) is 0 Å². The van der Waals surface area contributed by atoms with Gasteiger partial charge < -0.3 is 0 Å². The third kappa shape index (κ3) is 2.03. The second kappa shape index (κ2) is 3.13. The monoisotopic (exact) mass is 231 g/mol. The van der Waals surface area contributed by atoms with Crippen LogP contribution in [0.5, 0.6) is 0 Å². The lowest BCUT2D eigenvalue weighted by molar-refractivity contribution is 0.501. The Kier molecular flexibility index (Phi) is 2.52. The summed E-state index contributed by atoms with van der Waals surface area (Å²) >= 11 is 3.21. The Morgan fingerprint density at radius 1 is 1.33 bits per heavy atom. The third-order valence-electron chi connectivity index (χ3n) is 1.52. The van der Waals surface area contributed by atoms with Gasteiger partial charge in [0.15, 0.2) is 0 Å². The molecule has 0 fully saturated rings. The number of nitrogens with zero attached hydrogens (tertiary/aromatic N) is 1. The summed E-state index contributed by atoms with van der Waals surface area (Å²) < 4.78 is 13.9. The largest absolute Gasteiger partial charge is 0.242 e. The summed E-state index contributed by atoms with van der Waals surface area (Å²) in [4.78, 5) is 4.09. The van der Waals surface area contributed by atoms with Gasteiger partial charge in [0.05, 0.1) is 5.69 Å². The van der Waals surface area contributed by atoms with Gasteiger partial charge in [-0.2, -0.15) is 0 Å². The van der Waals surface area contributed by atoms with E-state index in [0.717, 1.165) is 0 Å². The summed E-state index contributed by atoms with van der Waals surface area (Å²) in [5.41, 5.74) is 0.255. The standard InChI is InChI=1S/C9H11BrFN/c1-9(2,3)8-6(11)4-5-7(10)12-8/h4-5H,1-3H3. The van der Waals surface area contributed by atoms with Gasteiger partial charge in [0, 0.05) is 5.41 Å². The smallest absolute Gasteiger partial charge is 0.145 e. The van der Waals surface area contributed by atoms with E-state index in [-0.39, 0.29) is 11.2 Å². The molecule has 0 aliphatic rings. The maximum absolute atomic E-state index is 13.2. The summed E-state index contributed by atoms with van der Waals surface area (Å²) in [5.74, 6) is -0.245. The van der Waals surface area contributed by atoms with Crippen molar-refractivity contribution in [2.24, 2.45) is 0 Å². The Hall–Kier alpha value is -0.440. The SMILES string of the molecule is CC(C)(C)c1nc(Br)ccc1F. The first kappa shape index (κ1) is 9.65. The highest BCUT2D eigenvalue weighted by Crippen LogP contribution is 2.24. The minimum atomic E-state index is -0.245. The van der Waals surface area contributed by atoms with Crippen LogP contribution in [0, 0.1) is 5.82 Å². The molecule has 0 aliphatic carbocycles. The Balaban J connectivity index is 3.23. The van der Waals surface area contributed by atoms with E-state index in [9.17, 15) is 4.39 Å². The molecule has 1 heterocycles. The van der Waals surface area contributed by atoms with E-state index in [0.29, 0.717) is 10.3 Å². The number of hydrogen-bond acceptors (Lipinski definition) is 1. The molecule has 0 radical (unpaired) electrons. The van der Waals surface area contributed by atoms with Crippen LogP contribution in [0.25, 0.3) is 0 Å². The summed E-state index contributed by atoms with van der Waals surface area (Å²) in [6.07, 6.45) is 0. The highest BCUT2D eigenvalue weighted by Gasteiger charge is 2.20. The first-order valence-corrected chi connectivity index (χ1v) is 4.53. The molecule has 0 unspecified atom stereocenters. The number of halogens is 2. The van der Waals surface area contributed by atoms with E-state index in [1.165, 1.54) is 6.07 Å². The van der Waals surface area contributed by atoms with Gasteiger partial charge in [-0.15, -0.1) is 0 Å². The van der Waals surface area contributed by atoms with Crippen LogP contribution in [0.4, 0.5) is 4.39 Å². The lowest BCUT2D eigenvalue weighted by Crippen LogP contribution is -2.15. The molecule has 0 N–H and O–H groups in total. The average molecular weight is 232 g/mol. The molecule has 0 saturated carbocycles. The van der Waals surface area contributed by atoms with E-state index < -0.39 is 0 Å². The first-order chi connectivity index (χ1) is 5.41. The molecule has 1 rings (SSSR count). The molecular weight excluding hydrogens is 221 g/mol. The van der Waals surface area contributed by atoms with Crippen molar-refractivity contribution in [3.63, 3.8) is 0 Å². The second-order valence-electron chi connectivity index (χ2n) is 3.71. The van der Waals surface area contributed by atoms with Crippen molar-refractivity contribution in [3.05, 3.63) is 28.2 Å². The second-order valence-corrected chi connectivity index (χ2v) is 4.53. The highest BCUT2D eigenvalue weighted by molar-refractivity contribution is 9.10. The summed E-state index contributed by atoms with van der Waals surface area (Å²) in [6.45, 7) is 5.81. The zero-order valence-corrected chi connectivity index (χ0v) is 8.94. The highest BCUT2D eigenvalue weighted by atomic mass is 79.9. The van der Waals surface area contributed by atoms with Crippen molar-refractivity contribution in [1.82, 2.24) is 4.98 Å². The predicted molar refractivity (Wildman–Crippen MR) is 50.6 cm³/mol. The Bertz CT molecular complexity index is 291. The molecule has 0 amide bonds. The normalized spacial score (nSPS) is 11.8. The molecule has 3 heteroatoms. The molecule has 1 aromatic heterocycles. The average Bonchev–Trinajstić information content (AvgIpc) is 1.92. The summed E-state index contributed by atoms with van der Waals surface area (Å²) in [5, 5.41) is 0. The number of rotatable bonds is 0. The molecule has 66 valence electrons. The molecule has 0 spiro atoms. The van der Waals surface area contributed by atoms with E-state index in [4.69, 9.17) is 0 Å². The fraction of sp³-hybridized carbons (Fsp3) is 0.444. The Morgan fingerprint density at radius 2 is 1.92 bits per heavy atom. The van der Waals surface area contributed by atoms with Gasteiger partial charge in [-0.05, 0) is 28.1 Å². The van der Waals surface area contributed by atoms with Crippen LogP contribution in [0.3, 0.4) is 0 Å². The van der Waals surface area contributed by atoms with Crippen molar-refractivity contribution in [1.29, 1.82) is 0 Å². The summed E-state index contributed by atoms with van der Waals surface area (Å²) in [6, 6.07) is 3.03. The predicted octanol–water partition coefficient (Wildman–Crippen LogP) is 3.28. The summed E-state index contributed by atoms with van der Waals surface area (Å²) in [7, 11) is 0. The van der Waals surface area contributed by atoms with Gasteiger partial charge in [0.2, 0.25) is 0 Å². The van der Waals surface area contributed by atoms with Crippen LogP contribution in [-0.2, 0) is 5.41 Å². The lowest BCUT2D eigenvalue weighted by atomic mass is 9.91. The fourth-order valence-electron chi connectivity index (χ4n) is 0.944. The van der Waals surface area contributed by atoms with Gasteiger partial charge in [0.1, 0.15) is 10.4 Å².